The Morgan fingerprint density at radius 1 is 1.20 bits per heavy atom. The van der Waals surface area contributed by atoms with Gasteiger partial charge in [0.1, 0.15) is 5.75 Å². The van der Waals surface area contributed by atoms with Crippen molar-refractivity contribution in [2.24, 2.45) is 5.73 Å². The molecule has 1 heterocycles. The molecule has 0 aliphatic heterocycles. The number of nitrogens with zero attached hydrogens (tertiary/aromatic N) is 1. The van der Waals surface area contributed by atoms with Crippen molar-refractivity contribution >= 4 is 0 Å². The van der Waals surface area contributed by atoms with E-state index in [4.69, 9.17) is 10.5 Å². The average molecular weight is 271 g/mol. The first-order valence-electron chi connectivity index (χ1n) is 6.77. The van der Waals surface area contributed by atoms with E-state index in [2.05, 4.69) is 28.5 Å². The maximum Gasteiger partial charge on any atom is 0.118 e. The Morgan fingerprint density at radius 3 is 2.60 bits per heavy atom. The average Bonchev–Trinajstić information content (AvgIpc) is 2.53. The van der Waals surface area contributed by atoms with E-state index in [1.807, 2.05) is 24.4 Å². The van der Waals surface area contributed by atoms with Crippen LogP contribution in [0.15, 0.2) is 48.8 Å². The van der Waals surface area contributed by atoms with Crippen molar-refractivity contribution in [2.45, 2.75) is 19.0 Å². The Hall–Kier alpha value is -1.91. The number of hydrogen-bond acceptors (Lipinski definition) is 4. The van der Waals surface area contributed by atoms with E-state index in [0.717, 1.165) is 18.7 Å². The van der Waals surface area contributed by atoms with Gasteiger partial charge in [0.25, 0.3) is 0 Å². The fourth-order valence-corrected chi connectivity index (χ4v) is 2.05. The molecule has 0 amide bonds. The molecule has 1 aromatic heterocycles. The van der Waals surface area contributed by atoms with Gasteiger partial charge in [0.15, 0.2) is 0 Å². The van der Waals surface area contributed by atoms with Crippen LogP contribution in [0.2, 0.25) is 0 Å². The summed E-state index contributed by atoms with van der Waals surface area (Å²) in [5.74, 6) is 0.875. The molecule has 0 aliphatic carbocycles. The second-order valence-electron chi connectivity index (χ2n) is 4.73. The minimum absolute atomic E-state index is 0.251. The zero-order valence-electron chi connectivity index (χ0n) is 11.8. The predicted octanol–water partition coefficient (Wildman–Crippen LogP) is 1.75. The number of pyridine rings is 1. The Kier molecular flexibility index (Phi) is 5.53. The standard InChI is InChI=1S/C16H21N3O/c1-20-16-6-4-13(5-7-16)12-19-15(10-17)9-14-3-2-8-18-11-14/h2-8,11,15,19H,9-10,12,17H2,1H3. The lowest BCUT2D eigenvalue weighted by atomic mass is 10.1. The molecule has 3 N–H and O–H groups in total. The normalized spacial score (nSPS) is 12.1. The first kappa shape index (κ1) is 14.5. The smallest absolute Gasteiger partial charge is 0.118 e. The summed E-state index contributed by atoms with van der Waals surface area (Å²) in [5, 5.41) is 3.48. The molecule has 0 aliphatic rings. The van der Waals surface area contributed by atoms with Gasteiger partial charge >= 0.3 is 0 Å². The van der Waals surface area contributed by atoms with Crippen LogP contribution < -0.4 is 15.8 Å². The van der Waals surface area contributed by atoms with Gasteiger partial charge in [-0.15, -0.1) is 0 Å². The van der Waals surface area contributed by atoms with Crippen molar-refractivity contribution in [1.82, 2.24) is 10.3 Å². The molecular formula is C16H21N3O. The van der Waals surface area contributed by atoms with Crippen molar-refractivity contribution < 1.29 is 4.74 Å². The van der Waals surface area contributed by atoms with E-state index >= 15 is 0 Å². The monoisotopic (exact) mass is 271 g/mol. The van der Waals surface area contributed by atoms with Gasteiger partial charge in [-0.3, -0.25) is 4.98 Å². The molecule has 106 valence electrons. The molecule has 20 heavy (non-hydrogen) atoms. The van der Waals surface area contributed by atoms with Gasteiger partial charge in [0, 0.05) is 31.5 Å². The number of nitrogens with two attached hydrogens (primary N) is 1. The first-order chi connectivity index (χ1) is 9.81. The van der Waals surface area contributed by atoms with Gasteiger partial charge in [-0.25, -0.2) is 0 Å². The number of aromatic nitrogens is 1. The zero-order valence-corrected chi connectivity index (χ0v) is 11.8. The van der Waals surface area contributed by atoms with Crippen LogP contribution in [0.4, 0.5) is 0 Å². The van der Waals surface area contributed by atoms with Crippen LogP contribution in [0.1, 0.15) is 11.1 Å². The molecule has 0 radical (unpaired) electrons. The minimum atomic E-state index is 0.251. The second-order valence-corrected chi connectivity index (χ2v) is 4.73. The molecular weight excluding hydrogens is 250 g/mol. The summed E-state index contributed by atoms with van der Waals surface area (Å²) >= 11 is 0. The Bertz CT molecular complexity index is 499. The minimum Gasteiger partial charge on any atom is -0.497 e. The molecule has 0 saturated heterocycles. The van der Waals surface area contributed by atoms with Crippen LogP contribution in [0.25, 0.3) is 0 Å². The quantitative estimate of drug-likeness (QED) is 0.805. The Labute approximate surface area is 120 Å². The summed E-state index contributed by atoms with van der Waals surface area (Å²) in [7, 11) is 1.67. The fraction of sp³-hybridized carbons (Fsp3) is 0.312. The van der Waals surface area contributed by atoms with E-state index in [1.54, 1.807) is 13.3 Å². The van der Waals surface area contributed by atoms with E-state index in [-0.39, 0.29) is 6.04 Å². The first-order valence-corrected chi connectivity index (χ1v) is 6.77. The highest BCUT2D eigenvalue weighted by atomic mass is 16.5. The molecule has 2 aromatic rings. The maximum atomic E-state index is 5.83. The van der Waals surface area contributed by atoms with Gasteiger partial charge in [-0.1, -0.05) is 18.2 Å². The number of nitrogens with one attached hydrogen (secondary N) is 1. The highest BCUT2D eigenvalue weighted by Gasteiger charge is 2.07. The number of benzene rings is 1. The zero-order chi connectivity index (χ0) is 14.2. The van der Waals surface area contributed by atoms with Crippen molar-refractivity contribution in [2.75, 3.05) is 13.7 Å². The van der Waals surface area contributed by atoms with E-state index in [1.165, 1.54) is 11.1 Å². The third-order valence-electron chi connectivity index (χ3n) is 3.24. The third-order valence-corrected chi connectivity index (χ3v) is 3.24. The van der Waals surface area contributed by atoms with E-state index < -0.39 is 0 Å². The molecule has 0 fully saturated rings. The van der Waals surface area contributed by atoms with Crippen molar-refractivity contribution in [3.63, 3.8) is 0 Å². The molecule has 0 bridgehead atoms. The third kappa shape index (κ3) is 4.33. The Balaban J connectivity index is 1.86. The van der Waals surface area contributed by atoms with Gasteiger partial charge < -0.3 is 15.8 Å². The van der Waals surface area contributed by atoms with Crippen LogP contribution >= 0.6 is 0 Å². The van der Waals surface area contributed by atoms with Crippen LogP contribution in [0.5, 0.6) is 5.75 Å². The van der Waals surface area contributed by atoms with Gasteiger partial charge in [0.05, 0.1) is 7.11 Å². The number of ether oxygens (including phenoxy) is 1. The molecule has 1 unspecified atom stereocenters. The molecule has 4 heteroatoms. The second kappa shape index (κ2) is 7.62. The number of hydrogen-bond donors (Lipinski definition) is 2. The molecule has 0 spiro atoms. The summed E-state index contributed by atoms with van der Waals surface area (Å²) in [6.07, 6.45) is 4.56. The van der Waals surface area contributed by atoms with Crippen molar-refractivity contribution in [1.29, 1.82) is 0 Å². The lowest BCUT2D eigenvalue weighted by Gasteiger charge is -2.17. The number of methoxy groups -OCH3 is 1. The van der Waals surface area contributed by atoms with Gasteiger partial charge in [-0.2, -0.15) is 0 Å². The summed E-state index contributed by atoms with van der Waals surface area (Å²) in [6, 6.07) is 12.3. The van der Waals surface area contributed by atoms with Crippen molar-refractivity contribution in [3.8, 4) is 5.75 Å². The fourth-order valence-electron chi connectivity index (χ4n) is 2.05. The van der Waals surface area contributed by atoms with E-state index in [9.17, 15) is 0 Å². The number of rotatable bonds is 7. The SMILES string of the molecule is COc1ccc(CNC(CN)Cc2cccnc2)cc1. The van der Waals surface area contributed by atoms with E-state index in [0.29, 0.717) is 6.54 Å². The summed E-state index contributed by atoms with van der Waals surface area (Å²) in [4.78, 5) is 4.13. The molecule has 4 nitrogen and oxygen atoms in total. The van der Waals surface area contributed by atoms with Gasteiger partial charge in [0.2, 0.25) is 0 Å². The van der Waals surface area contributed by atoms with Crippen molar-refractivity contribution in [3.05, 3.63) is 59.9 Å². The van der Waals surface area contributed by atoms with Crippen LogP contribution in [-0.4, -0.2) is 24.7 Å². The topological polar surface area (TPSA) is 60.2 Å². The highest BCUT2D eigenvalue weighted by molar-refractivity contribution is 5.27. The lowest BCUT2D eigenvalue weighted by Crippen LogP contribution is -2.37. The lowest BCUT2D eigenvalue weighted by molar-refractivity contribution is 0.414. The molecule has 1 atom stereocenters. The van der Waals surface area contributed by atoms with Crippen LogP contribution in [-0.2, 0) is 13.0 Å². The van der Waals surface area contributed by atoms with Crippen LogP contribution in [0.3, 0.4) is 0 Å². The van der Waals surface area contributed by atoms with Gasteiger partial charge in [-0.05, 0) is 35.7 Å². The van der Waals surface area contributed by atoms with Crippen LogP contribution in [0, 0.1) is 0 Å². The molecule has 2 rings (SSSR count). The predicted molar refractivity (Wildman–Crippen MR) is 80.6 cm³/mol. The maximum absolute atomic E-state index is 5.83. The molecule has 1 aromatic carbocycles. The summed E-state index contributed by atoms with van der Waals surface area (Å²) < 4.78 is 5.15. The summed E-state index contributed by atoms with van der Waals surface area (Å²) in [5.41, 5.74) is 8.24. The Morgan fingerprint density at radius 2 is 2.00 bits per heavy atom. The highest BCUT2D eigenvalue weighted by Crippen LogP contribution is 2.11. The largest absolute Gasteiger partial charge is 0.497 e. The summed E-state index contributed by atoms with van der Waals surface area (Å²) in [6.45, 7) is 1.40. The molecule has 0 saturated carbocycles.